The van der Waals surface area contributed by atoms with Gasteiger partial charge in [-0.15, -0.1) is 0 Å². The summed E-state index contributed by atoms with van der Waals surface area (Å²) in [5.74, 6) is 0.449. The molecule has 0 aromatic carbocycles. The summed E-state index contributed by atoms with van der Waals surface area (Å²) in [5, 5.41) is 0.312. The maximum Gasteiger partial charge on any atom is 0.274 e. The van der Waals surface area contributed by atoms with Crippen LogP contribution in [0.1, 0.15) is 43.6 Å². The molecule has 7 heteroatoms. The molecule has 2 atom stereocenters. The normalized spacial score (nSPS) is 23.7. The Hall–Kier alpha value is -1.40. The zero-order valence-corrected chi connectivity index (χ0v) is 14.4. The summed E-state index contributed by atoms with van der Waals surface area (Å²) >= 11 is 6.22. The molecule has 0 spiro atoms. The molecular weight excluding hydrogens is 316 g/mol. The number of carbonyl (C=O) groups excluding carboxylic acids is 1. The van der Waals surface area contributed by atoms with Gasteiger partial charge in [-0.2, -0.15) is 0 Å². The van der Waals surface area contributed by atoms with Crippen molar-refractivity contribution in [3.05, 3.63) is 16.9 Å². The van der Waals surface area contributed by atoms with Crippen LogP contribution < -0.4 is 4.90 Å². The van der Waals surface area contributed by atoms with Crippen LogP contribution in [-0.4, -0.2) is 59.2 Å². The molecule has 2 heterocycles. The molecule has 23 heavy (non-hydrogen) atoms. The Morgan fingerprint density at radius 3 is 2.96 bits per heavy atom. The van der Waals surface area contributed by atoms with E-state index in [1.165, 1.54) is 6.20 Å². The Morgan fingerprint density at radius 2 is 2.22 bits per heavy atom. The highest BCUT2D eigenvalue weighted by Crippen LogP contribution is 2.31. The van der Waals surface area contributed by atoms with Crippen molar-refractivity contribution in [3.8, 4) is 0 Å². The van der Waals surface area contributed by atoms with Crippen molar-refractivity contribution in [1.29, 1.82) is 0 Å². The molecule has 1 aliphatic carbocycles. The average Bonchev–Trinajstić information content (AvgIpc) is 3.05. The van der Waals surface area contributed by atoms with Gasteiger partial charge in [-0.05, 0) is 33.1 Å². The summed E-state index contributed by atoms with van der Waals surface area (Å²) in [4.78, 5) is 25.6. The smallest absolute Gasteiger partial charge is 0.274 e. The van der Waals surface area contributed by atoms with Crippen molar-refractivity contribution in [3.63, 3.8) is 0 Å². The van der Waals surface area contributed by atoms with E-state index in [1.54, 1.807) is 0 Å². The molecule has 2 fully saturated rings. The van der Waals surface area contributed by atoms with Crippen LogP contribution >= 0.6 is 11.6 Å². The third kappa shape index (κ3) is 3.15. The minimum atomic E-state index is -0.106. The molecule has 6 nitrogen and oxygen atoms in total. The van der Waals surface area contributed by atoms with Gasteiger partial charge in [0.2, 0.25) is 5.95 Å². The Morgan fingerprint density at radius 1 is 1.43 bits per heavy atom. The number of amides is 1. The lowest BCUT2D eigenvalue weighted by atomic mass is 10.1. The standard InChI is InChI=1S/C16H23ClN4O2/c1-3-20(4-2)16-18-10-11(17)14(19-16)15(22)21-8-9-23-13-7-5-6-12(13)21/h10,12-13H,3-9H2,1-2H3. The average molecular weight is 339 g/mol. The first kappa shape index (κ1) is 16.5. The Bertz CT molecular complexity index is 579. The number of rotatable bonds is 4. The fourth-order valence-corrected chi connectivity index (χ4v) is 3.65. The number of hydrogen-bond donors (Lipinski definition) is 0. The number of aromatic nitrogens is 2. The lowest BCUT2D eigenvalue weighted by Gasteiger charge is -2.37. The second kappa shape index (κ2) is 7.01. The Kier molecular flexibility index (Phi) is 5.02. The van der Waals surface area contributed by atoms with Gasteiger partial charge in [0.05, 0.1) is 30.0 Å². The summed E-state index contributed by atoms with van der Waals surface area (Å²) in [6, 6.07) is 0.152. The van der Waals surface area contributed by atoms with Crippen molar-refractivity contribution >= 4 is 23.5 Å². The molecule has 0 N–H and O–H groups in total. The number of morpholine rings is 1. The van der Waals surface area contributed by atoms with E-state index >= 15 is 0 Å². The number of ether oxygens (including phenoxy) is 1. The van der Waals surface area contributed by atoms with Crippen molar-refractivity contribution in [2.45, 2.75) is 45.3 Å². The summed E-state index contributed by atoms with van der Waals surface area (Å²) < 4.78 is 5.78. The van der Waals surface area contributed by atoms with Crippen LogP contribution in [0.5, 0.6) is 0 Å². The van der Waals surface area contributed by atoms with E-state index in [9.17, 15) is 4.79 Å². The lowest BCUT2D eigenvalue weighted by Crippen LogP contribution is -2.51. The predicted molar refractivity (Wildman–Crippen MR) is 89.0 cm³/mol. The number of hydrogen-bond acceptors (Lipinski definition) is 5. The third-order valence-electron chi connectivity index (χ3n) is 4.72. The van der Waals surface area contributed by atoms with Gasteiger partial charge in [0.15, 0.2) is 5.69 Å². The molecule has 3 rings (SSSR count). The zero-order chi connectivity index (χ0) is 16.4. The van der Waals surface area contributed by atoms with E-state index in [0.29, 0.717) is 29.8 Å². The fourth-order valence-electron chi connectivity index (χ4n) is 3.48. The van der Waals surface area contributed by atoms with E-state index in [2.05, 4.69) is 9.97 Å². The van der Waals surface area contributed by atoms with Crippen LogP contribution in [0.15, 0.2) is 6.20 Å². The maximum atomic E-state index is 13.0. The molecule has 0 radical (unpaired) electrons. The summed E-state index contributed by atoms with van der Waals surface area (Å²) in [7, 11) is 0. The van der Waals surface area contributed by atoms with Crippen LogP contribution in [0.4, 0.5) is 5.95 Å². The Labute approximate surface area is 141 Å². The van der Waals surface area contributed by atoms with Gasteiger partial charge in [-0.3, -0.25) is 4.79 Å². The van der Waals surface area contributed by atoms with Gasteiger partial charge < -0.3 is 14.5 Å². The van der Waals surface area contributed by atoms with Gasteiger partial charge in [-0.25, -0.2) is 9.97 Å². The van der Waals surface area contributed by atoms with Crippen LogP contribution in [0.3, 0.4) is 0 Å². The summed E-state index contributed by atoms with van der Waals surface area (Å²) in [6.07, 6.45) is 4.80. The molecule has 1 aromatic rings. The van der Waals surface area contributed by atoms with Crippen molar-refractivity contribution in [1.82, 2.24) is 14.9 Å². The third-order valence-corrected chi connectivity index (χ3v) is 5.00. The summed E-state index contributed by atoms with van der Waals surface area (Å²) in [6.45, 7) is 6.82. The first-order valence-corrected chi connectivity index (χ1v) is 8.73. The monoisotopic (exact) mass is 338 g/mol. The van der Waals surface area contributed by atoms with Crippen molar-refractivity contribution in [2.24, 2.45) is 0 Å². The molecule has 1 aromatic heterocycles. The minimum absolute atomic E-state index is 0.106. The predicted octanol–water partition coefficient (Wildman–Crippen LogP) is 2.37. The van der Waals surface area contributed by atoms with E-state index in [-0.39, 0.29) is 18.1 Å². The number of carbonyl (C=O) groups is 1. The van der Waals surface area contributed by atoms with Crippen molar-refractivity contribution in [2.75, 3.05) is 31.1 Å². The quantitative estimate of drug-likeness (QED) is 0.843. The molecule has 0 bridgehead atoms. The first-order chi connectivity index (χ1) is 11.2. The minimum Gasteiger partial charge on any atom is -0.374 e. The zero-order valence-electron chi connectivity index (χ0n) is 13.7. The second-order valence-electron chi connectivity index (χ2n) is 5.94. The fraction of sp³-hybridized carbons (Fsp3) is 0.688. The van der Waals surface area contributed by atoms with E-state index in [0.717, 1.165) is 32.4 Å². The van der Waals surface area contributed by atoms with Crippen LogP contribution in [0.25, 0.3) is 0 Å². The number of halogens is 1. The first-order valence-electron chi connectivity index (χ1n) is 8.35. The van der Waals surface area contributed by atoms with Crippen LogP contribution in [0, 0.1) is 0 Å². The highest BCUT2D eigenvalue weighted by Gasteiger charge is 2.39. The molecule has 1 saturated heterocycles. The molecule has 126 valence electrons. The number of nitrogens with zero attached hydrogens (tertiary/aromatic N) is 4. The van der Waals surface area contributed by atoms with Gasteiger partial charge in [0.1, 0.15) is 0 Å². The molecule has 1 saturated carbocycles. The van der Waals surface area contributed by atoms with E-state index < -0.39 is 0 Å². The molecule has 1 amide bonds. The molecule has 2 aliphatic rings. The van der Waals surface area contributed by atoms with E-state index in [4.69, 9.17) is 16.3 Å². The van der Waals surface area contributed by atoms with Crippen molar-refractivity contribution < 1.29 is 9.53 Å². The maximum absolute atomic E-state index is 13.0. The highest BCUT2D eigenvalue weighted by atomic mass is 35.5. The van der Waals surface area contributed by atoms with Crippen LogP contribution in [-0.2, 0) is 4.74 Å². The second-order valence-corrected chi connectivity index (χ2v) is 6.35. The number of anilines is 1. The van der Waals surface area contributed by atoms with Gasteiger partial charge in [-0.1, -0.05) is 11.6 Å². The topological polar surface area (TPSA) is 58.6 Å². The largest absolute Gasteiger partial charge is 0.374 e. The molecular formula is C16H23ClN4O2. The molecule has 2 unspecified atom stereocenters. The van der Waals surface area contributed by atoms with Gasteiger partial charge in [0, 0.05) is 19.6 Å². The summed E-state index contributed by atoms with van der Waals surface area (Å²) in [5.41, 5.74) is 0.302. The van der Waals surface area contributed by atoms with E-state index in [1.807, 2.05) is 23.6 Å². The van der Waals surface area contributed by atoms with Crippen LogP contribution in [0.2, 0.25) is 5.02 Å². The van der Waals surface area contributed by atoms with Gasteiger partial charge >= 0.3 is 0 Å². The molecule has 1 aliphatic heterocycles. The number of fused-ring (bicyclic) bond motifs is 1. The van der Waals surface area contributed by atoms with Gasteiger partial charge in [0.25, 0.3) is 5.91 Å². The Balaban J connectivity index is 1.87. The highest BCUT2D eigenvalue weighted by molar-refractivity contribution is 6.33. The lowest BCUT2D eigenvalue weighted by molar-refractivity contribution is -0.0447. The SMILES string of the molecule is CCN(CC)c1ncc(Cl)c(C(=O)N2CCOC3CCCC32)n1.